The Morgan fingerprint density at radius 2 is 1.77 bits per heavy atom. The second-order valence-corrected chi connectivity index (χ2v) is 7.41. The highest BCUT2D eigenvalue weighted by Gasteiger charge is 2.30. The van der Waals surface area contributed by atoms with Gasteiger partial charge in [0.25, 0.3) is 0 Å². The predicted molar refractivity (Wildman–Crippen MR) is 103 cm³/mol. The molecule has 1 aromatic carbocycles. The number of para-hydroxylation sites is 1. The number of amides is 2. The highest BCUT2D eigenvalue weighted by molar-refractivity contribution is 5.94. The topological polar surface area (TPSA) is 61.9 Å². The lowest BCUT2D eigenvalue weighted by molar-refractivity contribution is -0.148. The molecule has 0 aliphatic carbocycles. The molecule has 0 spiro atoms. The van der Waals surface area contributed by atoms with Crippen molar-refractivity contribution in [2.24, 2.45) is 0 Å². The molecule has 1 aliphatic heterocycles. The van der Waals surface area contributed by atoms with Crippen molar-refractivity contribution in [3.8, 4) is 0 Å². The number of benzene rings is 1. The van der Waals surface area contributed by atoms with Crippen LogP contribution >= 0.6 is 0 Å². The van der Waals surface area contributed by atoms with Gasteiger partial charge in [-0.3, -0.25) is 14.5 Å². The molecule has 1 saturated heterocycles. The van der Waals surface area contributed by atoms with E-state index < -0.39 is 0 Å². The van der Waals surface area contributed by atoms with Crippen LogP contribution in [0, 0.1) is 13.8 Å². The Hall–Kier alpha value is -1.92. The molecule has 1 heterocycles. The zero-order chi connectivity index (χ0) is 19.4. The van der Waals surface area contributed by atoms with Crippen LogP contribution in [-0.4, -0.2) is 66.5 Å². The number of nitrogens with zero attached hydrogens (tertiary/aromatic N) is 2. The Kier molecular flexibility index (Phi) is 6.78. The van der Waals surface area contributed by atoms with Gasteiger partial charge in [-0.25, -0.2) is 0 Å². The van der Waals surface area contributed by atoms with E-state index in [1.165, 1.54) is 0 Å². The highest BCUT2D eigenvalue weighted by Crippen LogP contribution is 2.19. The molecule has 2 rings (SSSR count). The number of anilines is 1. The van der Waals surface area contributed by atoms with Crippen molar-refractivity contribution in [3.05, 3.63) is 29.3 Å². The van der Waals surface area contributed by atoms with E-state index in [9.17, 15) is 9.59 Å². The molecule has 6 heteroatoms. The average Bonchev–Trinajstić information content (AvgIpc) is 2.56. The van der Waals surface area contributed by atoms with E-state index in [4.69, 9.17) is 4.74 Å². The van der Waals surface area contributed by atoms with Crippen LogP contribution in [0.3, 0.4) is 0 Å². The molecule has 0 aromatic heterocycles. The van der Waals surface area contributed by atoms with Crippen molar-refractivity contribution in [3.63, 3.8) is 0 Å². The lowest BCUT2D eigenvalue weighted by Crippen LogP contribution is -2.54. The first-order valence-corrected chi connectivity index (χ1v) is 9.19. The molecule has 0 unspecified atom stereocenters. The van der Waals surface area contributed by atoms with Gasteiger partial charge < -0.3 is 15.0 Å². The first-order valence-electron chi connectivity index (χ1n) is 9.19. The summed E-state index contributed by atoms with van der Waals surface area (Å²) in [6.45, 7) is 11.1. The summed E-state index contributed by atoms with van der Waals surface area (Å²) in [5.41, 5.74) is 2.91. The Morgan fingerprint density at radius 3 is 2.31 bits per heavy atom. The molecule has 1 aromatic rings. The monoisotopic (exact) mass is 361 g/mol. The third-order valence-electron chi connectivity index (χ3n) is 4.89. The third kappa shape index (κ3) is 5.05. The van der Waals surface area contributed by atoms with Crippen molar-refractivity contribution in [2.75, 3.05) is 32.0 Å². The van der Waals surface area contributed by atoms with Crippen LogP contribution in [0.2, 0.25) is 0 Å². The van der Waals surface area contributed by atoms with Crippen LogP contribution in [0.5, 0.6) is 0 Å². The summed E-state index contributed by atoms with van der Waals surface area (Å²) in [6.07, 6.45) is 0.0695. The second-order valence-electron chi connectivity index (χ2n) is 7.41. The van der Waals surface area contributed by atoms with Gasteiger partial charge in [0.1, 0.15) is 0 Å². The second kappa shape index (κ2) is 8.64. The largest absolute Gasteiger partial charge is 0.372 e. The predicted octanol–water partition coefficient (Wildman–Crippen LogP) is 2.20. The normalized spacial score (nSPS) is 21.6. The third-order valence-corrected chi connectivity index (χ3v) is 4.89. The van der Waals surface area contributed by atoms with Crippen molar-refractivity contribution in [1.82, 2.24) is 9.80 Å². The van der Waals surface area contributed by atoms with E-state index in [0.29, 0.717) is 13.1 Å². The van der Waals surface area contributed by atoms with Crippen LogP contribution in [0.15, 0.2) is 18.2 Å². The maximum atomic E-state index is 12.8. The van der Waals surface area contributed by atoms with E-state index in [-0.39, 0.29) is 36.6 Å². The molecule has 3 atom stereocenters. The van der Waals surface area contributed by atoms with Crippen molar-refractivity contribution in [2.45, 2.75) is 52.9 Å². The fourth-order valence-corrected chi connectivity index (χ4v) is 3.36. The molecule has 1 N–H and O–H groups in total. The van der Waals surface area contributed by atoms with Gasteiger partial charge in [0, 0.05) is 18.8 Å². The molecule has 0 radical (unpaired) electrons. The Balaban J connectivity index is 1.94. The van der Waals surface area contributed by atoms with Gasteiger partial charge in [0.2, 0.25) is 11.8 Å². The van der Waals surface area contributed by atoms with Crippen LogP contribution < -0.4 is 5.32 Å². The number of rotatable bonds is 5. The molecule has 6 nitrogen and oxygen atoms in total. The quantitative estimate of drug-likeness (QED) is 0.873. The fourth-order valence-electron chi connectivity index (χ4n) is 3.36. The summed E-state index contributed by atoms with van der Waals surface area (Å²) >= 11 is 0. The number of hydrogen-bond acceptors (Lipinski definition) is 4. The molecular formula is C20H31N3O3. The number of morpholine rings is 1. The number of carbonyl (C=O) groups excluding carboxylic acids is 2. The maximum absolute atomic E-state index is 12.8. The van der Waals surface area contributed by atoms with E-state index >= 15 is 0 Å². The van der Waals surface area contributed by atoms with Gasteiger partial charge in [0.05, 0.1) is 24.8 Å². The van der Waals surface area contributed by atoms with E-state index in [0.717, 1.165) is 16.8 Å². The zero-order valence-electron chi connectivity index (χ0n) is 16.7. The minimum Gasteiger partial charge on any atom is -0.372 e. The van der Waals surface area contributed by atoms with Crippen molar-refractivity contribution < 1.29 is 14.3 Å². The smallest absolute Gasteiger partial charge is 0.239 e. The lowest BCUT2D eigenvalue weighted by Gasteiger charge is -2.38. The maximum Gasteiger partial charge on any atom is 0.239 e. The molecular weight excluding hydrogens is 330 g/mol. The van der Waals surface area contributed by atoms with Gasteiger partial charge in [-0.1, -0.05) is 18.2 Å². The number of hydrogen-bond donors (Lipinski definition) is 1. The van der Waals surface area contributed by atoms with E-state index in [1.54, 1.807) is 11.9 Å². The highest BCUT2D eigenvalue weighted by atomic mass is 16.5. The molecule has 2 amide bonds. The van der Waals surface area contributed by atoms with Crippen molar-refractivity contribution >= 4 is 17.5 Å². The summed E-state index contributed by atoms with van der Waals surface area (Å²) in [6, 6.07) is 5.55. The number of likely N-dealkylation sites (N-methyl/N-ethyl adjacent to an activating group) is 1. The average molecular weight is 361 g/mol. The molecule has 1 fully saturated rings. The molecule has 144 valence electrons. The Bertz CT molecular complexity index is 631. The van der Waals surface area contributed by atoms with Crippen LogP contribution in [-0.2, 0) is 14.3 Å². The summed E-state index contributed by atoms with van der Waals surface area (Å²) in [4.78, 5) is 28.8. The molecule has 1 aliphatic rings. The van der Waals surface area contributed by atoms with E-state index in [2.05, 4.69) is 5.32 Å². The van der Waals surface area contributed by atoms with E-state index in [1.807, 2.05) is 57.7 Å². The van der Waals surface area contributed by atoms with Gasteiger partial charge in [-0.15, -0.1) is 0 Å². The standard InChI is InChI=1S/C20H31N3O3/c1-13-8-7-9-14(2)19(13)21-18(24)12-22(6)17(5)20(25)23-10-15(3)26-16(4)11-23/h7-9,15-17H,10-12H2,1-6H3,(H,21,24)/t15-,16+,17-/m0/s1. The Morgan fingerprint density at radius 1 is 1.23 bits per heavy atom. The van der Waals surface area contributed by atoms with Gasteiger partial charge in [0.15, 0.2) is 0 Å². The number of aryl methyl sites for hydroxylation is 2. The number of ether oxygens (including phenoxy) is 1. The minimum absolute atomic E-state index is 0.0348. The molecule has 26 heavy (non-hydrogen) atoms. The minimum atomic E-state index is -0.365. The Labute approximate surface area is 156 Å². The SMILES string of the molecule is Cc1cccc(C)c1NC(=O)CN(C)[C@@H](C)C(=O)N1C[C@@H](C)O[C@@H](C)C1. The summed E-state index contributed by atoms with van der Waals surface area (Å²) in [7, 11) is 1.81. The van der Waals surface area contributed by atoms with Crippen LogP contribution in [0.25, 0.3) is 0 Å². The van der Waals surface area contributed by atoms with Crippen LogP contribution in [0.1, 0.15) is 31.9 Å². The van der Waals surface area contributed by atoms with Gasteiger partial charge >= 0.3 is 0 Å². The summed E-state index contributed by atoms with van der Waals surface area (Å²) < 4.78 is 5.69. The summed E-state index contributed by atoms with van der Waals surface area (Å²) in [5, 5.41) is 2.97. The zero-order valence-corrected chi connectivity index (χ0v) is 16.7. The van der Waals surface area contributed by atoms with Gasteiger partial charge in [-0.05, 0) is 52.8 Å². The fraction of sp³-hybridized carbons (Fsp3) is 0.600. The van der Waals surface area contributed by atoms with Crippen molar-refractivity contribution in [1.29, 1.82) is 0 Å². The first-order chi connectivity index (χ1) is 12.2. The first kappa shape index (κ1) is 20.4. The van der Waals surface area contributed by atoms with Crippen LogP contribution in [0.4, 0.5) is 5.69 Å². The van der Waals surface area contributed by atoms with Gasteiger partial charge in [-0.2, -0.15) is 0 Å². The number of nitrogens with one attached hydrogen (secondary N) is 1. The molecule has 0 saturated carbocycles. The summed E-state index contributed by atoms with van der Waals surface area (Å²) in [5.74, 6) is -0.0809. The number of carbonyl (C=O) groups is 2. The lowest BCUT2D eigenvalue weighted by atomic mass is 10.1. The molecule has 0 bridgehead atoms.